The van der Waals surface area contributed by atoms with Crippen LogP contribution in [0.2, 0.25) is 0 Å². The molecule has 6 heteroatoms. The fourth-order valence-corrected chi connectivity index (χ4v) is 3.42. The standard InChI is InChI=1S/C24H30N4O2/c1-5-27(6-2)24-26-21-16-18(22(29)25-15-14-17(3)4)12-13-20(21)23(30)28(24)19-10-8-7-9-11-19/h7-13,16-17H,5-6,14-15H2,1-4H3,(H,25,29). The zero-order valence-electron chi connectivity index (χ0n) is 18.2. The van der Waals surface area contributed by atoms with Crippen LogP contribution in [0.15, 0.2) is 53.3 Å². The number of amides is 1. The Morgan fingerprint density at radius 2 is 1.80 bits per heavy atom. The van der Waals surface area contributed by atoms with Gasteiger partial charge in [-0.05, 0) is 56.5 Å². The van der Waals surface area contributed by atoms with E-state index in [-0.39, 0.29) is 11.5 Å². The fraction of sp³-hybridized carbons (Fsp3) is 0.375. The molecule has 1 aromatic heterocycles. The van der Waals surface area contributed by atoms with Crippen molar-refractivity contribution in [3.05, 3.63) is 64.4 Å². The monoisotopic (exact) mass is 406 g/mol. The predicted molar refractivity (Wildman–Crippen MR) is 123 cm³/mol. The Kier molecular flexibility index (Phi) is 6.87. The van der Waals surface area contributed by atoms with Crippen molar-refractivity contribution in [3.8, 4) is 5.69 Å². The van der Waals surface area contributed by atoms with E-state index in [1.807, 2.05) is 49.1 Å². The summed E-state index contributed by atoms with van der Waals surface area (Å²) >= 11 is 0. The lowest BCUT2D eigenvalue weighted by atomic mass is 10.1. The number of hydrogen-bond donors (Lipinski definition) is 1. The summed E-state index contributed by atoms with van der Waals surface area (Å²) in [5.74, 6) is 0.966. The van der Waals surface area contributed by atoms with Crippen molar-refractivity contribution in [1.82, 2.24) is 14.9 Å². The minimum atomic E-state index is -0.143. The first-order chi connectivity index (χ1) is 14.5. The molecule has 3 aromatic rings. The largest absolute Gasteiger partial charge is 0.352 e. The molecule has 0 atom stereocenters. The molecule has 3 rings (SSSR count). The van der Waals surface area contributed by atoms with Crippen LogP contribution in [-0.4, -0.2) is 35.1 Å². The van der Waals surface area contributed by atoms with Crippen LogP contribution in [0.4, 0.5) is 5.95 Å². The van der Waals surface area contributed by atoms with E-state index in [1.165, 1.54) is 0 Å². The number of aromatic nitrogens is 2. The van der Waals surface area contributed by atoms with Crippen LogP contribution < -0.4 is 15.8 Å². The number of nitrogens with zero attached hydrogens (tertiary/aromatic N) is 3. The van der Waals surface area contributed by atoms with Gasteiger partial charge < -0.3 is 10.2 Å². The molecule has 2 aromatic carbocycles. The molecule has 0 aliphatic carbocycles. The zero-order chi connectivity index (χ0) is 21.7. The van der Waals surface area contributed by atoms with Crippen molar-refractivity contribution in [1.29, 1.82) is 0 Å². The van der Waals surface area contributed by atoms with Crippen molar-refractivity contribution in [2.75, 3.05) is 24.5 Å². The van der Waals surface area contributed by atoms with E-state index in [2.05, 4.69) is 19.2 Å². The zero-order valence-corrected chi connectivity index (χ0v) is 18.2. The smallest absolute Gasteiger partial charge is 0.267 e. The van der Waals surface area contributed by atoms with Gasteiger partial charge in [-0.3, -0.25) is 9.59 Å². The summed E-state index contributed by atoms with van der Waals surface area (Å²) in [5, 5.41) is 3.44. The number of benzene rings is 2. The van der Waals surface area contributed by atoms with Gasteiger partial charge in [0, 0.05) is 25.2 Å². The number of anilines is 1. The van der Waals surface area contributed by atoms with Crippen LogP contribution in [0, 0.1) is 5.92 Å². The van der Waals surface area contributed by atoms with Crippen molar-refractivity contribution >= 4 is 22.8 Å². The minimum absolute atomic E-state index is 0.139. The van der Waals surface area contributed by atoms with Gasteiger partial charge in [0.2, 0.25) is 5.95 Å². The van der Waals surface area contributed by atoms with Crippen LogP contribution in [0.1, 0.15) is 44.5 Å². The maximum atomic E-state index is 13.4. The van der Waals surface area contributed by atoms with E-state index >= 15 is 0 Å². The van der Waals surface area contributed by atoms with Gasteiger partial charge in [-0.1, -0.05) is 32.0 Å². The molecule has 1 heterocycles. The fourth-order valence-electron chi connectivity index (χ4n) is 3.42. The number of carbonyl (C=O) groups is 1. The topological polar surface area (TPSA) is 67.2 Å². The first-order valence-electron chi connectivity index (χ1n) is 10.6. The average Bonchev–Trinajstić information content (AvgIpc) is 2.74. The third-order valence-corrected chi connectivity index (χ3v) is 5.18. The van der Waals surface area contributed by atoms with Gasteiger partial charge in [0.15, 0.2) is 0 Å². The first kappa shape index (κ1) is 21.6. The van der Waals surface area contributed by atoms with Crippen LogP contribution in [0.3, 0.4) is 0 Å². The highest BCUT2D eigenvalue weighted by molar-refractivity contribution is 5.97. The number of rotatable bonds is 8. The third-order valence-electron chi connectivity index (χ3n) is 5.18. The minimum Gasteiger partial charge on any atom is -0.352 e. The molecular weight excluding hydrogens is 376 g/mol. The van der Waals surface area contributed by atoms with Gasteiger partial charge in [-0.2, -0.15) is 0 Å². The number of carbonyl (C=O) groups excluding carboxylic acids is 1. The van der Waals surface area contributed by atoms with E-state index in [9.17, 15) is 9.59 Å². The second kappa shape index (κ2) is 9.57. The van der Waals surface area contributed by atoms with E-state index in [0.29, 0.717) is 34.9 Å². The van der Waals surface area contributed by atoms with E-state index in [0.717, 1.165) is 25.2 Å². The summed E-state index contributed by atoms with van der Waals surface area (Å²) < 4.78 is 1.65. The number of para-hydroxylation sites is 1. The highest BCUT2D eigenvalue weighted by Crippen LogP contribution is 2.20. The highest BCUT2D eigenvalue weighted by atomic mass is 16.1. The van der Waals surface area contributed by atoms with Gasteiger partial charge in [0.25, 0.3) is 11.5 Å². The van der Waals surface area contributed by atoms with Crippen molar-refractivity contribution in [2.45, 2.75) is 34.1 Å². The quantitative estimate of drug-likeness (QED) is 0.614. The molecule has 0 spiro atoms. The van der Waals surface area contributed by atoms with Crippen molar-refractivity contribution < 1.29 is 4.79 Å². The molecule has 6 nitrogen and oxygen atoms in total. The molecule has 0 unspecified atom stereocenters. The van der Waals surface area contributed by atoms with E-state index in [4.69, 9.17) is 4.98 Å². The predicted octanol–water partition coefficient (Wildman–Crippen LogP) is 4.01. The molecule has 0 aliphatic heterocycles. The molecule has 1 N–H and O–H groups in total. The maximum Gasteiger partial charge on any atom is 0.267 e. The maximum absolute atomic E-state index is 13.4. The highest BCUT2D eigenvalue weighted by Gasteiger charge is 2.18. The van der Waals surface area contributed by atoms with E-state index in [1.54, 1.807) is 22.8 Å². The lowest BCUT2D eigenvalue weighted by molar-refractivity contribution is 0.0952. The molecule has 1 amide bonds. The Balaban J connectivity index is 2.10. The number of hydrogen-bond acceptors (Lipinski definition) is 4. The van der Waals surface area contributed by atoms with Gasteiger partial charge in [-0.25, -0.2) is 9.55 Å². The Labute approximate surface area is 177 Å². The Morgan fingerprint density at radius 1 is 1.10 bits per heavy atom. The Hall–Kier alpha value is -3.15. The molecule has 0 saturated carbocycles. The van der Waals surface area contributed by atoms with Crippen LogP contribution in [-0.2, 0) is 0 Å². The summed E-state index contributed by atoms with van der Waals surface area (Å²) in [6.45, 7) is 10.4. The third kappa shape index (κ3) is 4.53. The van der Waals surface area contributed by atoms with Crippen LogP contribution in [0.5, 0.6) is 0 Å². The Bertz CT molecular complexity index is 1070. The molecule has 30 heavy (non-hydrogen) atoms. The summed E-state index contributed by atoms with van der Waals surface area (Å²) in [4.78, 5) is 32.8. The molecular formula is C24H30N4O2. The molecule has 0 radical (unpaired) electrons. The molecule has 0 fully saturated rings. The molecule has 0 bridgehead atoms. The number of nitrogens with one attached hydrogen (secondary N) is 1. The molecule has 0 saturated heterocycles. The first-order valence-corrected chi connectivity index (χ1v) is 10.6. The average molecular weight is 407 g/mol. The lowest BCUT2D eigenvalue weighted by Crippen LogP contribution is -2.32. The molecule has 0 aliphatic rings. The van der Waals surface area contributed by atoms with Crippen LogP contribution in [0.25, 0.3) is 16.6 Å². The summed E-state index contributed by atoms with van der Waals surface area (Å²) in [5.41, 5.74) is 1.68. The molecule has 158 valence electrons. The van der Waals surface area contributed by atoms with Gasteiger partial charge >= 0.3 is 0 Å². The Morgan fingerprint density at radius 3 is 2.43 bits per heavy atom. The second-order valence-electron chi connectivity index (χ2n) is 7.73. The summed E-state index contributed by atoms with van der Waals surface area (Å²) in [6.07, 6.45) is 0.922. The van der Waals surface area contributed by atoms with E-state index < -0.39 is 0 Å². The van der Waals surface area contributed by atoms with Gasteiger partial charge in [0.05, 0.1) is 16.6 Å². The SMILES string of the molecule is CCN(CC)c1nc2cc(C(=O)NCCC(C)C)ccc2c(=O)n1-c1ccccc1. The summed E-state index contributed by atoms with van der Waals surface area (Å²) in [6, 6.07) is 14.6. The lowest BCUT2D eigenvalue weighted by Gasteiger charge is -2.24. The number of fused-ring (bicyclic) bond motifs is 1. The summed E-state index contributed by atoms with van der Waals surface area (Å²) in [7, 11) is 0. The van der Waals surface area contributed by atoms with Crippen molar-refractivity contribution in [3.63, 3.8) is 0 Å². The van der Waals surface area contributed by atoms with Gasteiger partial charge in [-0.15, -0.1) is 0 Å². The second-order valence-corrected chi connectivity index (χ2v) is 7.73. The van der Waals surface area contributed by atoms with Gasteiger partial charge in [0.1, 0.15) is 0 Å². The van der Waals surface area contributed by atoms with Crippen molar-refractivity contribution in [2.24, 2.45) is 5.92 Å². The van der Waals surface area contributed by atoms with Crippen LogP contribution >= 0.6 is 0 Å². The normalized spacial score (nSPS) is 11.1.